The predicted molar refractivity (Wildman–Crippen MR) is 78.6 cm³/mol. The predicted octanol–water partition coefficient (Wildman–Crippen LogP) is 4.37. The number of imidazole rings is 1. The highest BCUT2D eigenvalue weighted by Gasteiger charge is 2.11. The summed E-state index contributed by atoms with van der Waals surface area (Å²) in [5, 5.41) is 0.535. The molecule has 3 N–H and O–H groups in total. The van der Waals surface area contributed by atoms with Crippen molar-refractivity contribution in [1.82, 2.24) is 9.97 Å². The summed E-state index contributed by atoms with van der Waals surface area (Å²) >= 11 is 9.25. The van der Waals surface area contributed by atoms with Crippen LogP contribution in [0.5, 0.6) is 0 Å². The molecule has 0 spiro atoms. The van der Waals surface area contributed by atoms with Crippen molar-refractivity contribution in [3.63, 3.8) is 0 Å². The van der Waals surface area contributed by atoms with Crippen molar-refractivity contribution < 1.29 is 4.39 Å². The van der Waals surface area contributed by atoms with Crippen LogP contribution in [0.1, 0.15) is 0 Å². The molecule has 0 aliphatic carbocycles. The molecule has 2 aromatic carbocycles. The fourth-order valence-corrected chi connectivity index (χ4v) is 2.40. The lowest BCUT2D eigenvalue weighted by atomic mass is 10.2. The first kappa shape index (κ1) is 12.4. The van der Waals surface area contributed by atoms with Crippen LogP contribution < -0.4 is 5.73 Å². The smallest absolute Gasteiger partial charge is 0.140 e. The van der Waals surface area contributed by atoms with Gasteiger partial charge in [0.2, 0.25) is 0 Å². The van der Waals surface area contributed by atoms with Crippen molar-refractivity contribution in [2.24, 2.45) is 0 Å². The van der Waals surface area contributed by atoms with E-state index in [0.29, 0.717) is 37.6 Å². The molecule has 0 amide bonds. The Bertz CT molecular complexity index is 746. The van der Waals surface area contributed by atoms with Gasteiger partial charge < -0.3 is 10.7 Å². The Hall–Kier alpha value is -1.59. The highest BCUT2D eigenvalue weighted by molar-refractivity contribution is 9.10. The van der Waals surface area contributed by atoms with Crippen LogP contribution in [-0.4, -0.2) is 9.97 Å². The minimum absolute atomic E-state index is 0.346. The summed E-state index contributed by atoms with van der Waals surface area (Å²) in [5.41, 5.74) is 8.28. The van der Waals surface area contributed by atoms with E-state index in [1.54, 1.807) is 24.3 Å². The number of hydrogen-bond donors (Lipinski definition) is 2. The van der Waals surface area contributed by atoms with E-state index in [9.17, 15) is 4.39 Å². The molecule has 0 aliphatic rings. The van der Waals surface area contributed by atoms with Crippen LogP contribution in [0.15, 0.2) is 34.8 Å². The van der Waals surface area contributed by atoms with Crippen LogP contribution in [0.25, 0.3) is 22.4 Å². The first-order chi connectivity index (χ1) is 9.04. The molecule has 1 aromatic heterocycles. The SMILES string of the molecule is Nc1ccc(Cl)c(-c2nc3cc(Br)c(F)cc3[nH]2)c1. The summed E-state index contributed by atoms with van der Waals surface area (Å²) in [6.07, 6.45) is 0. The molecular weight excluding hydrogens is 333 g/mol. The molecule has 0 aliphatic heterocycles. The minimum Gasteiger partial charge on any atom is -0.399 e. The lowest BCUT2D eigenvalue weighted by Crippen LogP contribution is -1.87. The van der Waals surface area contributed by atoms with Crippen LogP contribution in [0.2, 0.25) is 5.02 Å². The standard InChI is InChI=1S/C13H8BrClFN3/c14-8-4-11-12(5-10(8)16)19-13(18-11)7-3-6(17)1-2-9(7)15/h1-5H,17H2,(H,18,19). The van der Waals surface area contributed by atoms with Crippen LogP contribution in [0, 0.1) is 5.82 Å². The third-order valence-corrected chi connectivity index (χ3v) is 3.71. The van der Waals surface area contributed by atoms with Gasteiger partial charge in [0.25, 0.3) is 0 Å². The molecular formula is C13H8BrClFN3. The summed E-state index contributed by atoms with van der Waals surface area (Å²) < 4.78 is 13.8. The average Bonchev–Trinajstić information content (AvgIpc) is 2.75. The average molecular weight is 341 g/mol. The van der Waals surface area contributed by atoms with Crippen LogP contribution in [0.3, 0.4) is 0 Å². The fourth-order valence-electron chi connectivity index (χ4n) is 1.86. The maximum Gasteiger partial charge on any atom is 0.140 e. The van der Waals surface area contributed by atoms with Gasteiger partial charge in [-0.3, -0.25) is 0 Å². The number of halogens is 3. The third-order valence-electron chi connectivity index (χ3n) is 2.77. The quantitative estimate of drug-likeness (QED) is 0.646. The molecule has 96 valence electrons. The molecule has 3 rings (SSSR count). The zero-order valence-corrected chi connectivity index (χ0v) is 11.9. The van der Waals surface area contributed by atoms with Gasteiger partial charge in [-0.05, 0) is 40.2 Å². The number of anilines is 1. The number of aromatic nitrogens is 2. The molecule has 3 nitrogen and oxygen atoms in total. The zero-order valence-electron chi connectivity index (χ0n) is 9.55. The topological polar surface area (TPSA) is 54.7 Å². The second-order valence-corrected chi connectivity index (χ2v) is 5.37. The number of fused-ring (bicyclic) bond motifs is 1. The number of nitrogens with two attached hydrogens (primary N) is 1. The highest BCUT2D eigenvalue weighted by Crippen LogP contribution is 2.30. The van der Waals surface area contributed by atoms with Gasteiger partial charge in [-0.25, -0.2) is 9.37 Å². The monoisotopic (exact) mass is 339 g/mol. The Kier molecular flexibility index (Phi) is 2.95. The summed E-state index contributed by atoms with van der Waals surface area (Å²) in [7, 11) is 0. The van der Waals surface area contributed by atoms with Gasteiger partial charge in [-0.15, -0.1) is 0 Å². The van der Waals surface area contributed by atoms with Gasteiger partial charge in [-0.2, -0.15) is 0 Å². The number of H-pyrrole nitrogens is 1. The second-order valence-electron chi connectivity index (χ2n) is 4.11. The number of rotatable bonds is 1. The number of nitrogens with zero attached hydrogens (tertiary/aromatic N) is 1. The number of aromatic amines is 1. The van der Waals surface area contributed by atoms with Gasteiger partial charge >= 0.3 is 0 Å². The number of nitrogens with one attached hydrogen (secondary N) is 1. The summed E-state index contributed by atoms with van der Waals surface area (Å²) in [5.74, 6) is 0.214. The third kappa shape index (κ3) is 2.19. The van der Waals surface area contributed by atoms with E-state index >= 15 is 0 Å². The van der Waals surface area contributed by atoms with E-state index < -0.39 is 0 Å². The van der Waals surface area contributed by atoms with E-state index in [1.807, 2.05) is 0 Å². The van der Waals surface area contributed by atoms with Gasteiger partial charge in [0, 0.05) is 17.3 Å². The van der Waals surface area contributed by atoms with Gasteiger partial charge in [-0.1, -0.05) is 11.6 Å². The molecule has 19 heavy (non-hydrogen) atoms. The Balaban J connectivity index is 2.23. The fraction of sp³-hybridized carbons (Fsp3) is 0. The Morgan fingerprint density at radius 2 is 2.05 bits per heavy atom. The Morgan fingerprint density at radius 1 is 1.26 bits per heavy atom. The molecule has 1 heterocycles. The van der Waals surface area contributed by atoms with E-state index in [4.69, 9.17) is 17.3 Å². The van der Waals surface area contributed by atoms with Crippen LogP contribution >= 0.6 is 27.5 Å². The summed E-state index contributed by atoms with van der Waals surface area (Å²) in [4.78, 5) is 7.43. The second kappa shape index (κ2) is 4.51. The van der Waals surface area contributed by atoms with E-state index in [0.717, 1.165) is 0 Å². The van der Waals surface area contributed by atoms with Gasteiger partial charge in [0.15, 0.2) is 0 Å². The highest BCUT2D eigenvalue weighted by atomic mass is 79.9. The lowest BCUT2D eigenvalue weighted by Gasteiger charge is -2.01. The molecule has 0 bridgehead atoms. The molecule has 0 saturated carbocycles. The largest absolute Gasteiger partial charge is 0.399 e. The molecule has 0 radical (unpaired) electrons. The van der Waals surface area contributed by atoms with Crippen molar-refractivity contribution in [1.29, 1.82) is 0 Å². The van der Waals surface area contributed by atoms with Crippen LogP contribution in [-0.2, 0) is 0 Å². The summed E-state index contributed by atoms with van der Waals surface area (Å²) in [6, 6.07) is 8.15. The van der Waals surface area contributed by atoms with Crippen molar-refractivity contribution in [3.05, 3.63) is 45.6 Å². The number of nitrogen functional groups attached to an aromatic ring is 1. The van der Waals surface area contributed by atoms with Crippen molar-refractivity contribution in [2.45, 2.75) is 0 Å². The minimum atomic E-state index is -0.346. The molecule has 6 heteroatoms. The summed E-state index contributed by atoms with van der Waals surface area (Å²) in [6.45, 7) is 0. The number of hydrogen-bond acceptors (Lipinski definition) is 2. The van der Waals surface area contributed by atoms with Crippen molar-refractivity contribution in [2.75, 3.05) is 5.73 Å². The molecule has 3 aromatic rings. The zero-order chi connectivity index (χ0) is 13.6. The van der Waals surface area contributed by atoms with E-state index in [-0.39, 0.29) is 5.82 Å². The maximum atomic E-state index is 13.5. The number of benzene rings is 2. The Labute approximate surface area is 121 Å². The van der Waals surface area contributed by atoms with Crippen molar-refractivity contribution >= 4 is 44.3 Å². The van der Waals surface area contributed by atoms with E-state index in [1.165, 1.54) is 6.07 Å². The maximum absolute atomic E-state index is 13.5. The molecule has 0 saturated heterocycles. The molecule has 0 fully saturated rings. The normalized spacial score (nSPS) is 11.1. The Morgan fingerprint density at radius 3 is 2.84 bits per heavy atom. The van der Waals surface area contributed by atoms with Gasteiger partial charge in [0.05, 0.1) is 20.5 Å². The van der Waals surface area contributed by atoms with Gasteiger partial charge in [0.1, 0.15) is 11.6 Å². The first-order valence-electron chi connectivity index (χ1n) is 5.45. The van der Waals surface area contributed by atoms with Crippen molar-refractivity contribution in [3.8, 4) is 11.4 Å². The molecule has 0 atom stereocenters. The molecule has 0 unspecified atom stereocenters. The lowest BCUT2D eigenvalue weighted by molar-refractivity contribution is 0.623. The first-order valence-corrected chi connectivity index (χ1v) is 6.62. The van der Waals surface area contributed by atoms with Crippen LogP contribution in [0.4, 0.5) is 10.1 Å². The van der Waals surface area contributed by atoms with E-state index in [2.05, 4.69) is 25.9 Å².